The van der Waals surface area contributed by atoms with Gasteiger partial charge in [-0.05, 0) is 28.8 Å². The van der Waals surface area contributed by atoms with Gasteiger partial charge in [-0.15, -0.1) is 0 Å². The van der Waals surface area contributed by atoms with Crippen molar-refractivity contribution in [2.24, 2.45) is 0 Å². The molecule has 0 aliphatic carbocycles. The second kappa shape index (κ2) is 11.3. The Labute approximate surface area is 228 Å². The van der Waals surface area contributed by atoms with Gasteiger partial charge in [-0.1, -0.05) is 109 Å². The van der Waals surface area contributed by atoms with Crippen molar-refractivity contribution in [1.29, 1.82) is 0 Å². The van der Waals surface area contributed by atoms with Gasteiger partial charge in [0, 0.05) is 19.3 Å². The van der Waals surface area contributed by atoms with E-state index in [1.54, 1.807) is 24.3 Å². The largest absolute Gasteiger partial charge is 0.462 e. The molecule has 4 aromatic carbocycles. The van der Waals surface area contributed by atoms with Crippen LogP contribution in [0.3, 0.4) is 0 Å². The Kier molecular flexibility index (Phi) is 7.84. The quantitative estimate of drug-likeness (QED) is 0.266. The van der Waals surface area contributed by atoms with E-state index in [2.05, 4.69) is 0 Å². The van der Waals surface area contributed by atoms with Crippen LogP contribution in [-0.2, 0) is 24.0 Å². The molecule has 202 valence electrons. The number of para-hydroxylation sites is 1. The summed E-state index contributed by atoms with van der Waals surface area (Å²) < 4.78 is 12.4. The first-order chi connectivity index (χ1) is 18.9. The van der Waals surface area contributed by atoms with Gasteiger partial charge in [0.1, 0.15) is 23.1 Å². The number of hydrogen-bond acceptors (Lipinski definition) is 6. The van der Waals surface area contributed by atoms with Gasteiger partial charge < -0.3 is 29.9 Å². The zero-order valence-corrected chi connectivity index (χ0v) is 21.6. The van der Waals surface area contributed by atoms with E-state index in [0.29, 0.717) is 11.3 Å². The fourth-order valence-corrected chi connectivity index (χ4v) is 5.65. The highest BCUT2D eigenvalue weighted by molar-refractivity contribution is 5.33. The second-order valence-corrected chi connectivity index (χ2v) is 10.3. The first-order valence-corrected chi connectivity index (χ1v) is 13.1. The molecule has 6 nitrogen and oxygen atoms in total. The Bertz CT molecular complexity index is 1320. The van der Waals surface area contributed by atoms with Crippen LogP contribution >= 0.6 is 0 Å². The molecule has 0 radical (unpaired) electrons. The molecule has 0 saturated carbocycles. The topological polar surface area (TPSA) is 99.4 Å². The molecule has 0 unspecified atom stereocenters. The van der Waals surface area contributed by atoms with Crippen molar-refractivity contribution < 1.29 is 29.9 Å². The third kappa shape index (κ3) is 5.22. The van der Waals surface area contributed by atoms with E-state index in [1.165, 1.54) is 0 Å². The molecule has 5 atom stereocenters. The molecule has 0 bridgehead atoms. The van der Waals surface area contributed by atoms with Gasteiger partial charge in [-0.2, -0.15) is 0 Å². The van der Waals surface area contributed by atoms with Crippen molar-refractivity contribution >= 4 is 0 Å². The highest BCUT2D eigenvalue weighted by Gasteiger charge is 2.72. The summed E-state index contributed by atoms with van der Waals surface area (Å²) in [6.07, 6.45) is -2.95. The minimum absolute atomic E-state index is 0.0719. The number of benzene rings is 4. The van der Waals surface area contributed by atoms with Crippen LogP contribution in [0.2, 0.25) is 0 Å². The van der Waals surface area contributed by atoms with Gasteiger partial charge in [0.05, 0.1) is 6.61 Å². The van der Waals surface area contributed by atoms with Crippen LogP contribution in [0.25, 0.3) is 0 Å². The summed E-state index contributed by atoms with van der Waals surface area (Å²) in [4.78, 5) is 0. The molecule has 6 heteroatoms. The molecule has 0 spiro atoms. The Morgan fingerprint density at radius 1 is 0.564 bits per heavy atom. The van der Waals surface area contributed by atoms with Crippen molar-refractivity contribution in [2.45, 2.75) is 48.5 Å². The van der Waals surface area contributed by atoms with Gasteiger partial charge >= 0.3 is 0 Å². The third-order valence-corrected chi connectivity index (χ3v) is 7.73. The molecule has 39 heavy (non-hydrogen) atoms. The molecular weight excluding hydrogens is 492 g/mol. The summed E-state index contributed by atoms with van der Waals surface area (Å²) in [5.41, 5.74) is -4.32. The fraction of sp³-hybridized carbons (Fsp3) is 0.273. The van der Waals surface area contributed by atoms with E-state index in [9.17, 15) is 20.4 Å². The molecule has 4 N–H and O–H groups in total. The summed E-state index contributed by atoms with van der Waals surface area (Å²) in [5.74, 6) is 0.418. The van der Waals surface area contributed by atoms with E-state index in [-0.39, 0.29) is 19.3 Å². The van der Waals surface area contributed by atoms with Crippen LogP contribution in [0.1, 0.15) is 16.7 Å². The van der Waals surface area contributed by atoms with Gasteiger partial charge in [-0.25, -0.2) is 0 Å². The first kappa shape index (κ1) is 27.1. The van der Waals surface area contributed by atoms with E-state index in [0.717, 1.165) is 11.1 Å². The predicted molar refractivity (Wildman–Crippen MR) is 148 cm³/mol. The lowest BCUT2D eigenvalue weighted by molar-refractivity contribution is -0.389. The maximum absolute atomic E-state index is 12.9. The third-order valence-electron chi connectivity index (χ3n) is 7.73. The van der Waals surface area contributed by atoms with Crippen molar-refractivity contribution in [3.05, 3.63) is 138 Å². The van der Waals surface area contributed by atoms with E-state index in [4.69, 9.17) is 9.47 Å². The summed E-state index contributed by atoms with van der Waals surface area (Å²) in [5, 5.41) is 48.6. The van der Waals surface area contributed by atoms with E-state index < -0.39 is 35.8 Å². The molecule has 4 aromatic rings. The summed E-state index contributed by atoms with van der Waals surface area (Å²) >= 11 is 0. The minimum Gasteiger partial charge on any atom is -0.462 e. The molecule has 5 rings (SSSR count). The summed E-state index contributed by atoms with van der Waals surface area (Å²) in [7, 11) is 0. The molecule has 1 aliphatic heterocycles. The molecular formula is C33H34O6. The van der Waals surface area contributed by atoms with E-state index >= 15 is 0 Å². The highest BCUT2D eigenvalue weighted by atomic mass is 16.7. The van der Waals surface area contributed by atoms with Crippen molar-refractivity contribution in [1.82, 2.24) is 0 Å². The van der Waals surface area contributed by atoms with Crippen LogP contribution < -0.4 is 4.74 Å². The second-order valence-electron chi connectivity index (χ2n) is 10.3. The molecule has 0 amide bonds. The SMILES string of the molecule is OC[C@H]1O[C@H](Oc2ccccc2)[C@@](O)(Cc2ccccc2)[C@](O)(Cc2ccccc2)[C@]1(O)Cc1ccccc1. The molecule has 0 aromatic heterocycles. The van der Waals surface area contributed by atoms with Gasteiger partial charge in [0.2, 0.25) is 6.29 Å². The maximum atomic E-state index is 12.9. The fourth-order valence-electron chi connectivity index (χ4n) is 5.65. The zero-order chi connectivity index (χ0) is 27.3. The lowest BCUT2D eigenvalue weighted by atomic mass is 9.60. The summed E-state index contributed by atoms with van der Waals surface area (Å²) in [6.45, 7) is -0.601. The zero-order valence-electron chi connectivity index (χ0n) is 21.6. The highest BCUT2D eigenvalue weighted by Crippen LogP contribution is 2.50. The monoisotopic (exact) mass is 526 g/mol. The van der Waals surface area contributed by atoms with Crippen LogP contribution in [-0.4, -0.2) is 56.2 Å². The molecule has 1 fully saturated rings. The smallest absolute Gasteiger partial charge is 0.232 e. The van der Waals surface area contributed by atoms with Crippen LogP contribution in [0.5, 0.6) is 5.75 Å². The Morgan fingerprint density at radius 2 is 0.974 bits per heavy atom. The van der Waals surface area contributed by atoms with Gasteiger partial charge in [-0.3, -0.25) is 0 Å². The Morgan fingerprint density at radius 3 is 1.44 bits per heavy atom. The number of aliphatic hydroxyl groups excluding tert-OH is 1. The van der Waals surface area contributed by atoms with Crippen LogP contribution in [0.4, 0.5) is 0 Å². The number of ether oxygens (including phenoxy) is 2. The number of hydrogen-bond donors (Lipinski definition) is 4. The van der Waals surface area contributed by atoms with Crippen molar-refractivity contribution in [3.8, 4) is 5.75 Å². The number of aliphatic hydroxyl groups is 4. The average Bonchev–Trinajstić information content (AvgIpc) is 2.96. The Hall–Kier alpha value is -3.52. The Balaban J connectivity index is 1.69. The van der Waals surface area contributed by atoms with E-state index in [1.807, 2.05) is 97.1 Å². The van der Waals surface area contributed by atoms with Gasteiger partial charge in [0.25, 0.3) is 0 Å². The lowest BCUT2D eigenvalue weighted by Crippen LogP contribution is -2.83. The number of rotatable bonds is 9. The standard InChI is InChI=1S/C33H34O6/c34-24-29-31(35,21-25-13-5-1-6-14-25)33(37,23-27-17-9-3-10-18-27)32(36,22-26-15-7-2-8-16-26)30(39-29)38-28-19-11-4-12-20-28/h1-20,29-30,34-37H,21-24H2/t29-,30+,31+,32+,33+/m1/s1. The lowest BCUT2D eigenvalue weighted by Gasteiger charge is -2.60. The minimum atomic E-state index is -2.22. The molecule has 1 heterocycles. The normalized spacial score (nSPS) is 28.6. The van der Waals surface area contributed by atoms with Gasteiger partial charge in [0.15, 0.2) is 5.60 Å². The summed E-state index contributed by atoms with van der Waals surface area (Å²) in [6, 6.07) is 36.5. The molecule has 1 aliphatic rings. The maximum Gasteiger partial charge on any atom is 0.232 e. The molecule has 1 saturated heterocycles. The van der Waals surface area contributed by atoms with Crippen molar-refractivity contribution in [3.63, 3.8) is 0 Å². The van der Waals surface area contributed by atoms with Crippen molar-refractivity contribution in [2.75, 3.05) is 6.61 Å². The first-order valence-electron chi connectivity index (χ1n) is 13.1. The predicted octanol–water partition coefficient (Wildman–Crippen LogP) is 3.70. The average molecular weight is 527 g/mol. The van der Waals surface area contributed by atoms with Crippen LogP contribution in [0, 0.1) is 0 Å². The van der Waals surface area contributed by atoms with Crippen LogP contribution in [0.15, 0.2) is 121 Å².